The van der Waals surface area contributed by atoms with Gasteiger partial charge in [-0.3, -0.25) is 4.79 Å². The van der Waals surface area contributed by atoms with E-state index in [1.54, 1.807) is 7.11 Å². The topological polar surface area (TPSA) is 95.1 Å². The number of anilines is 1. The van der Waals surface area contributed by atoms with Gasteiger partial charge in [0.1, 0.15) is 12.3 Å². The first-order valence-electron chi connectivity index (χ1n) is 5.72. The van der Waals surface area contributed by atoms with Crippen LogP contribution in [0.1, 0.15) is 5.56 Å². The lowest BCUT2D eigenvalue weighted by atomic mass is 10.2. The Kier molecular flexibility index (Phi) is 3.97. The smallest absolute Gasteiger partial charge is 0.242 e. The molecule has 0 saturated heterocycles. The molecule has 0 saturated carbocycles. The first-order chi connectivity index (χ1) is 9.17. The molecule has 1 aromatic carbocycles. The van der Waals surface area contributed by atoms with E-state index in [-0.39, 0.29) is 12.5 Å². The number of aromatic nitrogens is 3. The molecule has 7 nitrogen and oxygen atoms in total. The maximum Gasteiger partial charge on any atom is 0.242 e. The molecule has 0 radical (unpaired) electrons. The normalized spacial score (nSPS) is 10.2. The van der Waals surface area contributed by atoms with Crippen LogP contribution in [-0.2, 0) is 17.9 Å². The van der Waals surface area contributed by atoms with Gasteiger partial charge in [0.25, 0.3) is 0 Å². The molecule has 1 amide bonds. The van der Waals surface area contributed by atoms with Gasteiger partial charge in [0.05, 0.1) is 13.3 Å². The zero-order valence-corrected chi connectivity index (χ0v) is 10.5. The van der Waals surface area contributed by atoms with Crippen molar-refractivity contribution in [1.29, 1.82) is 0 Å². The summed E-state index contributed by atoms with van der Waals surface area (Å²) in [4.78, 5) is 11.7. The van der Waals surface area contributed by atoms with E-state index in [0.29, 0.717) is 12.4 Å². The van der Waals surface area contributed by atoms with Gasteiger partial charge in [-0.25, -0.2) is 4.68 Å². The fourth-order valence-corrected chi connectivity index (χ4v) is 1.58. The molecule has 0 spiro atoms. The molecule has 0 aliphatic rings. The summed E-state index contributed by atoms with van der Waals surface area (Å²) in [5, 5.41) is 10.1. The Morgan fingerprint density at radius 1 is 1.53 bits per heavy atom. The van der Waals surface area contributed by atoms with E-state index in [0.717, 1.165) is 11.3 Å². The Hall–Kier alpha value is -2.57. The van der Waals surface area contributed by atoms with Crippen LogP contribution in [0.2, 0.25) is 0 Å². The number of carbonyl (C=O) groups excluding carboxylic acids is 1. The molecule has 100 valence electrons. The average Bonchev–Trinajstić information content (AvgIpc) is 2.82. The molecular weight excluding hydrogens is 246 g/mol. The van der Waals surface area contributed by atoms with Crippen LogP contribution in [0, 0.1) is 0 Å². The standard InChI is InChI=1S/C12H15N5O2/c1-19-10-4-2-3-9(5-10)6-14-12(18)8-17-7-11(13)15-16-17/h2-5,7H,6,8,13H2,1H3,(H,14,18). The molecule has 0 unspecified atom stereocenters. The molecule has 0 aliphatic heterocycles. The predicted octanol–water partition coefficient (Wildman–Crippen LogP) is 0.185. The summed E-state index contributed by atoms with van der Waals surface area (Å²) in [5.74, 6) is 0.893. The summed E-state index contributed by atoms with van der Waals surface area (Å²) in [6, 6.07) is 7.51. The van der Waals surface area contributed by atoms with E-state index in [4.69, 9.17) is 10.5 Å². The summed E-state index contributed by atoms with van der Waals surface area (Å²) in [7, 11) is 1.60. The lowest BCUT2D eigenvalue weighted by molar-refractivity contribution is -0.122. The quantitative estimate of drug-likeness (QED) is 0.800. The number of ether oxygens (including phenoxy) is 1. The van der Waals surface area contributed by atoms with Gasteiger partial charge in [0, 0.05) is 6.54 Å². The minimum absolute atomic E-state index is 0.0914. The molecule has 0 fully saturated rings. The minimum atomic E-state index is -0.160. The Bertz CT molecular complexity index is 567. The molecule has 19 heavy (non-hydrogen) atoms. The van der Waals surface area contributed by atoms with Gasteiger partial charge < -0.3 is 15.8 Å². The predicted molar refractivity (Wildman–Crippen MR) is 69.3 cm³/mol. The zero-order chi connectivity index (χ0) is 13.7. The number of amides is 1. The van der Waals surface area contributed by atoms with Crippen molar-refractivity contribution in [2.24, 2.45) is 0 Å². The number of benzene rings is 1. The van der Waals surface area contributed by atoms with Gasteiger partial charge in [-0.2, -0.15) is 0 Å². The van der Waals surface area contributed by atoms with Gasteiger partial charge in [0.15, 0.2) is 5.82 Å². The summed E-state index contributed by atoms with van der Waals surface area (Å²) < 4.78 is 6.50. The largest absolute Gasteiger partial charge is 0.497 e. The minimum Gasteiger partial charge on any atom is -0.497 e. The highest BCUT2D eigenvalue weighted by molar-refractivity contribution is 5.75. The third-order valence-corrected chi connectivity index (χ3v) is 2.49. The van der Waals surface area contributed by atoms with Crippen LogP contribution >= 0.6 is 0 Å². The second-order valence-corrected chi connectivity index (χ2v) is 3.97. The van der Waals surface area contributed by atoms with Crippen LogP contribution in [0.3, 0.4) is 0 Å². The second kappa shape index (κ2) is 5.85. The fraction of sp³-hybridized carbons (Fsp3) is 0.250. The van der Waals surface area contributed by atoms with Crippen molar-refractivity contribution in [1.82, 2.24) is 20.3 Å². The molecule has 2 rings (SSSR count). The average molecular weight is 261 g/mol. The monoisotopic (exact) mass is 261 g/mol. The van der Waals surface area contributed by atoms with Gasteiger partial charge >= 0.3 is 0 Å². The van der Waals surface area contributed by atoms with Gasteiger partial charge in [-0.15, -0.1) is 5.10 Å². The van der Waals surface area contributed by atoms with Crippen LogP contribution in [0.25, 0.3) is 0 Å². The Balaban J connectivity index is 1.86. The van der Waals surface area contributed by atoms with E-state index < -0.39 is 0 Å². The summed E-state index contributed by atoms with van der Waals surface area (Å²) in [6.07, 6.45) is 1.51. The molecule has 2 aromatic rings. The SMILES string of the molecule is COc1cccc(CNC(=O)Cn2cc(N)nn2)c1. The van der Waals surface area contributed by atoms with Crippen LogP contribution < -0.4 is 15.8 Å². The number of nitrogens with one attached hydrogen (secondary N) is 1. The number of carbonyl (C=O) groups is 1. The van der Waals surface area contributed by atoms with Crippen molar-refractivity contribution in [3.05, 3.63) is 36.0 Å². The third kappa shape index (κ3) is 3.70. The molecular formula is C12H15N5O2. The van der Waals surface area contributed by atoms with Crippen LogP contribution in [-0.4, -0.2) is 28.0 Å². The fourth-order valence-electron chi connectivity index (χ4n) is 1.58. The number of nitrogens with two attached hydrogens (primary N) is 1. The third-order valence-electron chi connectivity index (χ3n) is 2.49. The molecule has 3 N–H and O–H groups in total. The molecule has 0 aliphatic carbocycles. The van der Waals surface area contributed by atoms with E-state index in [2.05, 4.69) is 15.6 Å². The Labute approximate surface area is 110 Å². The van der Waals surface area contributed by atoms with Crippen molar-refractivity contribution < 1.29 is 9.53 Å². The highest BCUT2D eigenvalue weighted by Crippen LogP contribution is 2.12. The van der Waals surface area contributed by atoms with E-state index in [9.17, 15) is 4.79 Å². The molecule has 0 bridgehead atoms. The number of methoxy groups -OCH3 is 1. The first kappa shape index (κ1) is 12.9. The Morgan fingerprint density at radius 2 is 2.37 bits per heavy atom. The first-order valence-corrected chi connectivity index (χ1v) is 5.72. The lowest BCUT2D eigenvalue weighted by Gasteiger charge is -2.06. The number of nitrogens with zero attached hydrogens (tertiary/aromatic N) is 3. The maximum atomic E-state index is 11.7. The van der Waals surface area contributed by atoms with Gasteiger partial charge in [0.2, 0.25) is 5.91 Å². The number of rotatable bonds is 5. The molecule has 1 heterocycles. The lowest BCUT2D eigenvalue weighted by Crippen LogP contribution is -2.27. The highest BCUT2D eigenvalue weighted by Gasteiger charge is 2.05. The van der Waals surface area contributed by atoms with Crippen molar-refractivity contribution in [3.8, 4) is 5.75 Å². The summed E-state index contributed by atoms with van der Waals surface area (Å²) in [6.45, 7) is 0.522. The van der Waals surface area contributed by atoms with Crippen LogP contribution in [0.5, 0.6) is 5.75 Å². The van der Waals surface area contributed by atoms with E-state index >= 15 is 0 Å². The molecule has 7 heteroatoms. The number of nitrogen functional groups attached to an aromatic ring is 1. The molecule has 0 atom stereocenters. The van der Waals surface area contributed by atoms with Gasteiger partial charge in [-0.05, 0) is 17.7 Å². The van der Waals surface area contributed by atoms with Crippen molar-refractivity contribution in [2.75, 3.05) is 12.8 Å². The Morgan fingerprint density at radius 3 is 3.05 bits per heavy atom. The number of hydrogen-bond acceptors (Lipinski definition) is 5. The van der Waals surface area contributed by atoms with Crippen LogP contribution in [0.15, 0.2) is 30.5 Å². The van der Waals surface area contributed by atoms with Gasteiger partial charge in [-0.1, -0.05) is 17.3 Å². The van der Waals surface area contributed by atoms with Crippen LogP contribution in [0.4, 0.5) is 5.82 Å². The second-order valence-electron chi connectivity index (χ2n) is 3.97. The van der Waals surface area contributed by atoms with E-state index in [1.165, 1.54) is 10.9 Å². The summed E-state index contributed by atoms with van der Waals surface area (Å²) in [5.41, 5.74) is 6.37. The van der Waals surface area contributed by atoms with Crippen molar-refractivity contribution in [3.63, 3.8) is 0 Å². The van der Waals surface area contributed by atoms with Crippen molar-refractivity contribution >= 4 is 11.7 Å². The summed E-state index contributed by atoms with van der Waals surface area (Å²) >= 11 is 0. The zero-order valence-electron chi connectivity index (χ0n) is 10.5. The van der Waals surface area contributed by atoms with Crippen molar-refractivity contribution in [2.45, 2.75) is 13.1 Å². The molecule has 1 aromatic heterocycles. The highest BCUT2D eigenvalue weighted by atomic mass is 16.5. The maximum absolute atomic E-state index is 11.7. The van der Waals surface area contributed by atoms with E-state index in [1.807, 2.05) is 24.3 Å². The number of hydrogen-bond donors (Lipinski definition) is 2.